The molecule has 0 unspecified atom stereocenters. The Balaban J connectivity index is 2.70. The lowest BCUT2D eigenvalue weighted by Crippen LogP contribution is -2.65. The van der Waals surface area contributed by atoms with E-state index < -0.39 is 6.04 Å². The highest BCUT2D eigenvalue weighted by Crippen LogP contribution is 2.07. The first kappa shape index (κ1) is 17.1. The smallest absolute Gasteiger partial charge is 0.265 e. The quantitative estimate of drug-likeness (QED) is 0.204. The normalized spacial score (nSPS) is 13.0. The van der Waals surface area contributed by atoms with Crippen molar-refractivity contribution in [3.05, 3.63) is 22.4 Å². The summed E-state index contributed by atoms with van der Waals surface area (Å²) in [7, 11) is 0. The van der Waals surface area contributed by atoms with E-state index in [1.807, 2.05) is 17.7 Å². The Morgan fingerprint density at radius 1 is 1.71 bits per heavy atom. The maximum absolute atomic E-state index is 12.0. The van der Waals surface area contributed by atoms with Crippen LogP contribution in [-0.2, 0) is 0 Å². The lowest BCUT2D eigenvalue weighted by molar-refractivity contribution is -0.521. The van der Waals surface area contributed by atoms with Gasteiger partial charge in [0, 0.05) is 5.38 Å². The minimum Gasteiger partial charge on any atom is -0.363 e. The number of amides is 1. The van der Waals surface area contributed by atoms with E-state index in [0.29, 0.717) is 12.0 Å². The molecule has 0 aliphatic rings. The second-order valence-corrected chi connectivity index (χ2v) is 5.70. The van der Waals surface area contributed by atoms with Gasteiger partial charge < -0.3 is 11.1 Å². The zero-order valence-electron chi connectivity index (χ0n) is 11.6. The highest BCUT2D eigenvalue weighted by molar-refractivity contribution is 7.98. The van der Waals surface area contributed by atoms with Crippen molar-refractivity contribution < 1.29 is 9.91 Å². The highest BCUT2D eigenvalue weighted by atomic mass is 32.2. The van der Waals surface area contributed by atoms with Crippen LogP contribution in [-0.4, -0.2) is 36.3 Å². The van der Waals surface area contributed by atoms with E-state index in [1.54, 1.807) is 23.2 Å². The number of carbonyl (C=O) groups excluding carboxylic acids is 1. The molecule has 1 rings (SSSR count). The molecular weight excluding hydrogens is 308 g/mol. The van der Waals surface area contributed by atoms with Crippen molar-refractivity contribution in [2.75, 3.05) is 18.6 Å². The Hall–Kier alpha value is -1.92. The van der Waals surface area contributed by atoms with Gasteiger partial charge in [-0.05, 0) is 29.9 Å². The van der Waals surface area contributed by atoms with E-state index in [4.69, 9.17) is 11.0 Å². The molecule has 0 aromatic carbocycles. The number of carbonyl (C=O) groups is 1. The Kier molecular flexibility index (Phi) is 8.08. The average Bonchev–Trinajstić information content (AvgIpc) is 3.02. The fraction of sp³-hybridized carbons (Fsp3) is 0.417. The van der Waals surface area contributed by atoms with Gasteiger partial charge >= 0.3 is 0 Å². The summed E-state index contributed by atoms with van der Waals surface area (Å²) in [4.78, 5) is 12.0. The standard InChI is InChI=1S/C12H16N6OS2/c1-20-6-3-10(11(14)17-18-15-5-4-13)16-12(19)9-2-7-21-8-9/h2,7-8,10H,3,5-6H2,1H3,(H,16,19)(H2,14,15,17)/p+1/t10-/m0/s1. The van der Waals surface area contributed by atoms with E-state index in [9.17, 15) is 4.79 Å². The van der Waals surface area contributed by atoms with Gasteiger partial charge in [0.25, 0.3) is 11.7 Å². The lowest BCUT2D eigenvalue weighted by atomic mass is 10.2. The minimum atomic E-state index is -0.391. The summed E-state index contributed by atoms with van der Waals surface area (Å²) in [6.07, 6.45) is 2.63. The second kappa shape index (κ2) is 9.90. The zero-order chi connectivity index (χ0) is 15.5. The number of nitriles is 1. The Morgan fingerprint density at radius 3 is 3.14 bits per heavy atom. The Labute approximate surface area is 131 Å². The Bertz CT molecular complexity index is 534. The third kappa shape index (κ3) is 6.37. The van der Waals surface area contributed by atoms with E-state index >= 15 is 0 Å². The third-order valence-corrected chi connectivity index (χ3v) is 3.78. The predicted molar refractivity (Wildman–Crippen MR) is 84.1 cm³/mol. The van der Waals surface area contributed by atoms with Crippen LogP contribution < -0.4 is 16.2 Å². The molecule has 112 valence electrons. The summed E-state index contributed by atoms with van der Waals surface area (Å²) in [6, 6.07) is 3.23. The Morgan fingerprint density at radius 2 is 2.52 bits per heavy atom. The molecule has 0 spiro atoms. The topological polar surface area (TPSA) is 118 Å². The van der Waals surface area contributed by atoms with Crippen molar-refractivity contribution in [1.82, 2.24) is 5.32 Å². The molecule has 0 fully saturated rings. The van der Waals surface area contributed by atoms with Crippen LogP contribution in [0.15, 0.2) is 27.2 Å². The number of nitrogens with two attached hydrogens (primary N) is 1. The van der Waals surface area contributed by atoms with Crippen molar-refractivity contribution in [2.24, 2.45) is 16.1 Å². The molecule has 0 radical (unpaired) electrons. The first-order chi connectivity index (χ1) is 10.2. The molecule has 1 aromatic rings. The summed E-state index contributed by atoms with van der Waals surface area (Å²) in [5, 5.41) is 24.6. The predicted octanol–water partition coefficient (Wildman–Crippen LogP) is -0.0718. The molecule has 1 atom stereocenters. The van der Waals surface area contributed by atoms with Gasteiger partial charge in [0.1, 0.15) is 17.3 Å². The summed E-state index contributed by atoms with van der Waals surface area (Å²) in [5.41, 5.74) is 6.45. The number of nitrogens with zero attached hydrogens (tertiary/aromatic N) is 3. The maximum atomic E-state index is 12.0. The number of hydrogen-bond acceptors (Lipinski definition) is 5. The maximum Gasteiger partial charge on any atom is 0.265 e. The fourth-order valence-corrected chi connectivity index (χ4v) is 2.51. The van der Waals surface area contributed by atoms with Crippen LogP contribution in [0.2, 0.25) is 0 Å². The molecule has 0 saturated carbocycles. The van der Waals surface area contributed by atoms with Gasteiger partial charge in [-0.2, -0.15) is 33.5 Å². The molecule has 1 amide bonds. The second-order valence-electron chi connectivity index (χ2n) is 3.94. The summed E-state index contributed by atoms with van der Waals surface area (Å²) >= 11 is 3.11. The van der Waals surface area contributed by atoms with Crippen LogP contribution >= 0.6 is 23.1 Å². The van der Waals surface area contributed by atoms with Crippen LogP contribution in [0.4, 0.5) is 0 Å². The minimum absolute atomic E-state index is 0.0491. The van der Waals surface area contributed by atoms with Crippen molar-refractivity contribution in [3.63, 3.8) is 0 Å². The van der Waals surface area contributed by atoms with Crippen molar-refractivity contribution in [3.8, 4) is 6.07 Å². The van der Waals surface area contributed by atoms with Gasteiger partial charge in [-0.3, -0.25) is 4.79 Å². The molecule has 0 aliphatic carbocycles. The number of hydrogen-bond donors (Lipinski definition) is 3. The molecule has 0 aliphatic heterocycles. The van der Waals surface area contributed by atoms with E-state index in [2.05, 4.69) is 20.8 Å². The lowest BCUT2D eigenvalue weighted by Gasteiger charge is -2.13. The average molecular weight is 325 g/mol. The molecule has 9 heteroatoms. The fourth-order valence-electron chi connectivity index (χ4n) is 1.40. The molecule has 0 bridgehead atoms. The van der Waals surface area contributed by atoms with Crippen LogP contribution in [0.25, 0.3) is 0 Å². The van der Waals surface area contributed by atoms with E-state index in [-0.39, 0.29) is 18.3 Å². The molecule has 0 saturated heterocycles. The van der Waals surface area contributed by atoms with Gasteiger partial charge in [0.05, 0.1) is 10.7 Å². The van der Waals surface area contributed by atoms with Gasteiger partial charge in [0.2, 0.25) is 0 Å². The number of nitrogens with one attached hydrogen (secondary N) is 2. The van der Waals surface area contributed by atoms with Crippen LogP contribution in [0.3, 0.4) is 0 Å². The van der Waals surface area contributed by atoms with E-state index in [0.717, 1.165) is 5.75 Å². The summed E-state index contributed by atoms with van der Waals surface area (Å²) in [5.74, 6) is 0.847. The molecule has 7 nitrogen and oxygen atoms in total. The van der Waals surface area contributed by atoms with Gasteiger partial charge in [0.15, 0.2) is 6.54 Å². The van der Waals surface area contributed by atoms with Crippen molar-refractivity contribution in [2.45, 2.75) is 12.5 Å². The van der Waals surface area contributed by atoms with Gasteiger partial charge in [-0.15, -0.1) is 0 Å². The van der Waals surface area contributed by atoms with Gasteiger partial charge in [-0.1, -0.05) is 0 Å². The first-order valence-electron chi connectivity index (χ1n) is 6.14. The molecular formula is C12H17N6OS2+. The summed E-state index contributed by atoms with van der Waals surface area (Å²) in [6.45, 7) is 0.0491. The van der Waals surface area contributed by atoms with Crippen molar-refractivity contribution >= 4 is 34.8 Å². The van der Waals surface area contributed by atoms with Crippen molar-refractivity contribution in [1.29, 1.82) is 5.26 Å². The molecule has 4 N–H and O–H groups in total. The zero-order valence-corrected chi connectivity index (χ0v) is 13.2. The molecule has 1 heterocycles. The molecule has 21 heavy (non-hydrogen) atoms. The first-order valence-corrected chi connectivity index (χ1v) is 8.47. The summed E-state index contributed by atoms with van der Waals surface area (Å²) < 4.78 is 0. The number of rotatable bonds is 8. The monoisotopic (exact) mass is 325 g/mol. The third-order valence-electron chi connectivity index (χ3n) is 2.45. The molecule has 1 aromatic heterocycles. The highest BCUT2D eigenvalue weighted by Gasteiger charge is 2.21. The largest absolute Gasteiger partial charge is 0.363 e. The van der Waals surface area contributed by atoms with Crippen LogP contribution in [0.1, 0.15) is 16.8 Å². The van der Waals surface area contributed by atoms with E-state index in [1.165, 1.54) is 11.3 Å². The SMILES string of the molecule is CSCC[C@H](NC(=O)c1ccsc1)/C(N)=N/N=[NH+]CC#N. The number of thioether (sulfide) groups is 1. The number of amidine groups is 1. The van der Waals surface area contributed by atoms with Gasteiger partial charge in [-0.25, -0.2) is 0 Å². The van der Waals surface area contributed by atoms with Crippen LogP contribution in [0.5, 0.6) is 0 Å². The number of thiophene rings is 1. The van der Waals surface area contributed by atoms with Crippen LogP contribution in [0, 0.1) is 11.3 Å².